The minimum absolute atomic E-state index is 0.0512. The smallest absolute Gasteiger partial charge is 0.251 e. The van der Waals surface area contributed by atoms with Crippen LogP contribution in [0.3, 0.4) is 0 Å². The molecule has 1 aromatic heterocycles. The summed E-state index contributed by atoms with van der Waals surface area (Å²) in [7, 11) is 1.80. The van der Waals surface area contributed by atoms with Crippen LogP contribution in [0.4, 0.5) is 5.69 Å². The van der Waals surface area contributed by atoms with Gasteiger partial charge in [0.15, 0.2) is 11.0 Å². The van der Waals surface area contributed by atoms with Gasteiger partial charge in [0, 0.05) is 22.7 Å². The van der Waals surface area contributed by atoms with E-state index in [4.69, 9.17) is 34.8 Å². The van der Waals surface area contributed by atoms with Crippen molar-refractivity contribution in [3.8, 4) is 0 Å². The van der Waals surface area contributed by atoms with Crippen LogP contribution in [-0.4, -0.2) is 32.3 Å². The van der Waals surface area contributed by atoms with E-state index in [2.05, 4.69) is 20.8 Å². The number of hydrogen-bond acceptors (Lipinski definition) is 5. The van der Waals surface area contributed by atoms with E-state index in [1.807, 2.05) is 13.8 Å². The Morgan fingerprint density at radius 1 is 1.03 bits per heavy atom. The zero-order valence-electron chi connectivity index (χ0n) is 18.1. The van der Waals surface area contributed by atoms with Crippen molar-refractivity contribution in [2.75, 3.05) is 11.1 Å². The fraction of sp³-hybridized carbons (Fsp3) is 0.273. The van der Waals surface area contributed by atoms with Gasteiger partial charge in [-0.15, -0.1) is 10.2 Å². The van der Waals surface area contributed by atoms with Gasteiger partial charge in [-0.1, -0.05) is 60.4 Å². The van der Waals surface area contributed by atoms with E-state index in [0.717, 1.165) is 0 Å². The highest BCUT2D eigenvalue weighted by atomic mass is 35.5. The number of carbonyl (C=O) groups excluding carboxylic acids is 2. The third-order valence-electron chi connectivity index (χ3n) is 4.74. The summed E-state index contributed by atoms with van der Waals surface area (Å²) >= 11 is 19.2. The summed E-state index contributed by atoms with van der Waals surface area (Å²) in [6.07, 6.45) is 0. The second-order valence-electron chi connectivity index (χ2n) is 7.56. The molecule has 0 aliphatic heterocycles. The van der Waals surface area contributed by atoms with Gasteiger partial charge >= 0.3 is 0 Å². The lowest BCUT2D eigenvalue weighted by Gasteiger charge is -2.21. The Balaban J connectivity index is 1.67. The molecule has 0 saturated carbocycles. The number of nitrogens with one attached hydrogen (secondary N) is 2. The number of nitrogens with zero attached hydrogens (tertiary/aromatic N) is 3. The number of thioether (sulfide) groups is 1. The van der Waals surface area contributed by atoms with Crippen LogP contribution in [-0.2, 0) is 11.8 Å². The largest absolute Gasteiger partial charge is 0.342 e. The van der Waals surface area contributed by atoms with E-state index in [-0.39, 0.29) is 29.5 Å². The van der Waals surface area contributed by atoms with E-state index >= 15 is 0 Å². The maximum absolute atomic E-state index is 12.7. The molecule has 0 spiro atoms. The van der Waals surface area contributed by atoms with Crippen LogP contribution in [0, 0.1) is 5.92 Å². The molecule has 7 nitrogen and oxygen atoms in total. The summed E-state index contributed by atoms with van der Waals surface area (Å²) < 4.78 is 1.77. The summed E-state index contributed by atoms with van der Waals surface area (Å²) in [5.41, 5.74) is 0.941. The molecular formula is C22H22Cl3N5O2S. The Hall–Kier alpha value is -2.26. The average molecular weight is 527 g/mol. The van der Waals surface area contributed by atoms with Crippen molar-refractivity contribution in [3.05, 3.63) is 68.9 Å². The maximum Gasteiger partial charge on any atom is 0.251 e. The minimum Gasteiger partial charge on any atom is -0.342 e. The number of anilines is 1. The van der Waals surface area contributed by atoms with Crippen molar-refractivity contribution >= 4 is 64.1 Å². The minimum atomic E-state index is -0.376. The Morgan fingerprint density at radius 2 is 1.70 bits per heavy atom. The highest BCUT2D eigenvalue weighted by molar-refractivity contribution is 7.99. The molecule has 0 aliphatic rings. The van der Waals surface area contributed by atoms with E-state index in [1.54, 1.807) is 54.1 Å². The van der Waals surface area contributed by atoms with Gasteiger partial charge in [-0.25, -0.2) is 0 Å². The zero-order valence-corrected chi connectivity index (χ0v) is 21.2. The lowest BCUT2D eigenvalue weighted by Crippen LogP contribution is -2.33. The molecule has 1 heterocycles. The van der Waals surface area contributed by atoms with Crippen molar-refractivity contribution in [2.24, 2.45) is 13.0 Å². The lowest BCUT2D eigenvalue weighted by molar-refractivity contribution is -0.113. The first-order valence-electron chi connectivity index (χ1n) is 9.99. The molecule has 1 atom stereocenters. The van der Waals surface area contributed by atoms with Crippen LogP contribution in [0.1, 0.15) is 36.1 Å². The van der Waals surface area contributed by atoms with E-state index in [0.29, 0.717) is 37.3 Å². The molecule has 3 aromatic rings. The predicted molar refractivity (Wildman–Crippen MR) is 133 cm³/mol. The molecule has 0 bridgehead atoms. The monoisotopic (exact) mass is 525 g/mol. The van der Waals surface area contributed by atoms with Crippen molar-refractivity contribution < 1.29 is 9.59 Å². The number of hydrogen-bond donors (Lipinski definition) is 2. The van der Waals surface area contributed by atoms with Gasteiger partial charge in [0.25, 0.3) is 5.91 Å². The molecular weight excluding hydrogens is 505 g/mol. The Bertz CT molecular complexity index is 1150. The molecule has 3 rings (SSSR count). The van der Waals surface area contributed by atoms with Gasteiger partial charge < -0.3 is 15.2 Å². The number of amides is 2. The second kappa shape index (κ2) is 11.2. The Labute approximate surface area is 211 Å². The highest BCUT2D eigenvalue weighted by Crippen LogP contribution is 2.27. The van der Waals surface area contributed by atoms with Crippen molar-refractivity contribution in [2.45, 2.75) is 25.0 Å². The van der Waals surface area contributed by atoms with Gasteiger partial charge in [-0.2, -0.15) is 0 Å². The molecule has 2 aromatic carbocycles. The molecule has 2 N–H and O–H groups in total. The molecule has 0 radical (unpaired) electrons. The van der Waals surface area contributed by atoms with Crippen molar-refractivity contribution in [1.29, 1.82) is 0 Å². The summed E-state index contributed by atoms with van der Waals surface area (Å²) in [4.78, 5) is 25.1. The van der Waals surface area contributed by atoms with Crippen LogP contribution < -0.4 is 10.6 Å². The fourth-order valence-electron chi connectivity index (χ4n) is 2.99. The van der Waals surface area contributed by atoms with Crippen LogP contribution in [0.5, 0.6) is 0 Å². The molecule has 0 unspecified atom stereocenters. The molecule has 0 saturated heterocycles. The van der Waals surface area contributed by atoms with E-state index in [1.165, 1.54) is 11.8 Å². The van der Waals surface area contributed by atoms with Crippen LogP contribution >= 0.6 is 46.6 Å². The van der Waals surface area contributed by atoms with Gasteiger partial charge in [0.1, 0.15) is 0 Å². The number of rotatable bonds is 8. The predicted octanol–water partition coefficient (Wildman–Crippen LogP) is 5.63. The maximum atomic E-state index is 12.7. The first-order valence-corrected chi connectivity index (χ1v) is 12.1. The van der Waals surface area contributed by atoms with Crippen molar-refractivity contribution in [3.63, 3.8) is 0 Å². The van der Waals surface area contributed by atoms with Crippen LogP contribution in [0.15, 0.2) is 47.6 Å². The van der Waals surface area contributed by atoms with Gasteiger partial charge in [-0.3, -0.25) is 9.59 Å². The molecule has 174 valence electrons. The summed E-state index contributed by atoms with van der Waals surface area (Å²) in [5, 5.41) is 16.2. The number of carbonyl (C=O) groups is 2. The molecule has 11 heteroatoms. The Morgan fingerprint density at radius 3 is 2.36 bits per heavy atom. The normalized spacial score (nSPS) is 12.0. The summed E-state index contributed by atoms with van der Waals surface area (Å²) in [6, 6.07) is 11.1. The Kier molecular flexibility index (Phi) is 8.64. The SMILES string of the molecule is CC(C)[C@H](NC(=O)c1ccc(Cl)cc1)c1nnc(SCC(=O)Nc2cc(Cl)ccc2Cl)n1C. The quantitative estimate of drug-likeness (QED) is 0.371. The van der Waals surface area contributed by atoms with E-state index < -0.39 is 0 Å². The number of halogens is 3. The molecule has 0 fully saturated rings. The highest BCUT2D eigenvalue weighted by Gasteiger charge is 2.25. The lowest BCUT2D eigenvalue weighted by atomic mass is 10.0. The third-order valence-corrected chi connectivity index (χ3v) is 6.58. The first kappa shape index (κ1) is 25.4. The van der Waals surface area contributed by atoms with Gasteiger partial charge in [-0.05, 0) is 48.4 Å². The van der Waals surface area contributed by atoms with E-state index in [9.17, 15) is 9.59 Å². The average Bonchev–Trinajstić information content (AvgIpc) is 3.13. The standard InChI is InChI=1S/C22H22Cl3N5O2S/c1-12(2)19(27-21(32)13-4-6-14(23)7-5-13)20-28-29-22(30(20)3)33-11-18(31)26-17-10-15(24)8-9-16(17)25/h4-10,12,19H,11H2,1-3H3,(H,26,31)(H,27,32)/t19-/m0/s1. The second-order valence-corrected chi connectivity index (χ2v) is 9.79. The molecule has 2 amide bonds. The summed E-state index contributed by atoms with van der Waals surface area (Å²) in [5.74, 6) is 0.243. The van der Waals surface area contributed by atoms with Crippen LogP contribution in [0.2, 0.25) is 15.1 Å². The fourth-order valence-corrected chi connectivity index (χ4v) is 4.17. The van der Waals surface area contributed by atoms with Crippen LogP contribution in [0.25, 0.3) is 0 Å². The summed E-state index contributed by atoms with van der Waals surface area (Å²) in [6.45, 7) is 3.97. The van der Waals surface area contributed by atoms with Gasteiger partial charge in [0.2, 0.25) is 5.91 Å². The van der Waals surface area contributed by atoms with Gasteiger partial charge in [0.05, 0.1) is 22.5 Å². The van der Waals surface area contributed by atoms with Crippen molar-refractivity contribution in [1.82, 2.24) is 20.1 Å². The molecule has 0 aliphatic carbocycles. The number of aromatic nitrogens is 3. The topological polar surface area (TPSA) is 88.9 Å². The molecule has 33 heavy (non-hydrogen) atoms. The first-order chi connectivity index (χ1) is 15.7. The number of benzene rings is 2. The third kappa shape index (κ3) is 6.63. The zero-order chi connectivity index (χ0) is 24.1.